The molecule has 0 fully saturated rings. The number of hydrogen-bond acceptors (Lipinski definition) is 4. The Morgan fingerprint density at radius 1 is 1.10 bits per heavy atom. The SMILES string of the molecule is CNC(c1ncccc1Br)c1c(OC)cccc1OC. The molecule has 0 saturated heterocycles. The summed E-state index contributed by atoms with van der Waals surface area (Å²) in [7, 11) is 5.19. The van der Waals surface area contributed by atoms with Crippen LogP contribution in [0.4, 0.5) is 0 Å². The Morgan fingerprint density at radius 3 is 2.25 bits per heavy atom. The first-order valence-electron chi connectivity index (χ1n) is 6.21. The number of halogens is 1. The highest BCUT2D eigenvalue weighted by Crippen LogP contribution is 2.38. The fourth-order valence-corrected chi connectivity index (χ4v) is 2.68. The van der Waals surface area contributed by atoms with Crippen molar-refractivity contribution < 1.29 is 9.47 Å². The predicted molar refractivity (Wildman–Crippen MR) is 82.4 cm³/mol. The Bertz CT molecular complexity index is 568. The van der Waals surface area contributed by atoms with E-state index >= 15 is 0 Å². The van der Waals surface area contributed by atoms with E-state index in [2.05, 4.69) is 26.2 Å². The van der Waals surface area contributed by atoms with Gasteiger partial charge in [0.05, 0.1) is 31.5 Å². The van der Waals surface area contributed by atoms with Crippen molar-refractivity contribution in [3.8, 4) is 11.5 Å². The van der Waals surface area contributed by atoms with Gasteiger partial charge in [-0.15, -0.1) is 0 Å². The van der Waals surface area contributed by atoms with E-state index < -0.39 is 0 Å². The minimum Gasteiger partial charge on any atom is -0.496 e. The molecule has 4 nitrogen and oxygen atoms in total. The van der Waals surface area contributed by atoms with Crippen LogP contribution >= 0.6 is 15.9 Å². The van der Waals surface area contributed by atoms with Crippen molar-refractivity contribution in [1.82, 2.24) is 10.3 Å². The second-order valence-corrected chi connectivity index (χ2v) is 5.02. The first kappa shape index (κ1) is 14.8. The van der Waals surface area contributed by atoms with Gasteiger partial charge in [-0.1, -0.05) is 6.07 Å². The van der Waals surface area contributed by atoms with Crippen molar-refractivity contribution in [2.24, 2.45) is 0 Å². The van der Waals surface area contributed by atoms with Crippen molar-refractivity contribution in [3.05, 3.63) is 52.3 Å². The van der Waals surface area contributed by atoms with Crippen LogP contribution in [0.3, 0.4) is 0 Å². The maximum atomic E-state index is 5.47. The molecule has 2 rings (SSSR count). The molecular weight excluding hydrogens is 320 g/mol. The summed E-state index contributed by atoms with van der Waals surface area (Å²) in [6, 6.07) is 9.46. The number of aromatic nitrogens is 1. The second-order valence-electron chi connectivity index (χ2n) is 4.17. The molecule has 0 spiro atoms. The lowest BCUT2D eigenvalue weighted by atomic mass is 10.0. The molecule has 5 heteroatoms. The molecule has 0 amide bonds. The predicted octanol–water partition coefficient (Wildman–Crippen LogP) is 3.17. The molecule has 0 radical (unpaired) electrons. The quantitative estimate of drug-likeness (QED) is 0.910. The molecule has 0 aliphatic heterocycles. The van der Waals surface area contributed by atoms with Crippen LogP contribution in [0.15, 0.2) is 41.0 Å². The monoisotopic (exact) mass is 336 g/mol. The Hall–Kier alpha value is -1.59. The summed E-state index contributed by atoms with van der Waals surface area (Å²) in [4.78, 5) is 4.46. The van der Waals surface area contributed by atoms with Crippen molar-refractivity contribution in [1.29, 1.82) is 0 Å². The number of ether oxygens (including phenoxy) is 2. The molecule has 1 atom stereocenters. The Morgan fingerprint density at radius 2 is 1.75 bits per heavy atom. The van der Waals surface area contributed by atoms with Gasteiger partial charge < -0.3 is 14.8 Å². The molecule has 1 aromatic carbocycles. The molecule has 0 bridgehead atoms. The summed E-state index contributed by atoms with van der Waals surface area (Å²) >= 11 is 3.54. The lowest BCUT2D eigenvalue weighted by Gasteiger charge is -2.22. The van der Waals surface area contributed by atoms with E-state index in [-0.39, 0.29) is 6.04 Å². The van der Waals surface area contributed by atoms with Gasteiger partial charge in [-0.2, -0.15) is 0 Å². The van der Waals surface area contributed by atoms with E-state index in [0.29, 0.717) is 0 Å². The number of hydrogen-bond donors (Lipinski definition) is 1. The molecule has 2 aromatic rings. The number of nitrogens with zero attached hydrogens (tertiary/aromatic N) is 1. The highest BCUT2D eigenvalue weighted by atomic mass is 79.9. The average Bonchev–Trinajstić information content (AvgIpc) is 2.49. The van der Waals surface area contributed by atoms with E-state index in [1.807, 2.05) is 37.4 Å². The third-order valence-corrected chi connectivity index (χ3v) is 3.77. The highest BCUT2D eigenvalue weighted by Gasteiger charge is 2.23. The minimum atomic E-state index is -0.128. The van der Waals surface area contributed by atoms with Gasteiger partial charge in [-0.05, 0) is 47.2 Å². The van der Waals surface area contributed by atoms with Crippen molar-refractivity contribution in [2.45, 2.75) is 6.04 Å². The van der Waals surface area contributed by atoms with Gasteiger partial charge in [0.15, 0.2) is 0 Å². The molecule has 0 aliphatic rings. The topological polar surface area (TPSA) is 43.4 Å². The van der Waals surface area contributed by atoms with Crippen LogP contribution in [0.25, 0.3) is 0 Å². The molecular formula is C15H17BrN2O2. The van der Waals surface area contributed by atoms with Crippen molar-refractivity contribution in [3.63, 3.8) is 0 Å². The van der Waals surface area contributed by atoms with E-state index in [9.17, 15) is 0 Å². The van der Waals surface area contributed by atoms with Gasteiger partial charge in [-0.25, -0.2) is 0 Å². The first-order chi connectivity index (χ1) is 9.72. The summed E-state index contributed by atoms with van der Waals surface area (Å²) < 4.78 is 11.9. The van der Waals surface area contributed by atoms with Crippen LogP contribution in [0, 0.1) is 0 Å². The van der Waals surface area contributed by atoms with Gasteiger partial charge >= 0.3 is 0 Å². The van der Waals surface area contributed by atoms with Crippen molar-refractivity contribution in [2.75, 3.05) is 21.3 Å². The molecule has 1 aromatic heterocycles. The maximum absolute atomic E-state index is 5.47. The normalized spacial score (nSPS) is 12.0. The van der Waals surface area contributed by atoms with Crippen LogP contribution in [0.2, 0.25) is 0 Å². The van der Waals surface area contributed by atoms with Gasteiger partial charge in [0, 0.05) is 10.7 Å². The molecule has 20 heavy (non-hydrogen) atoms. The lowest BCUT2D eigenvalue weighted by molar-refractivity contribution is 0.378. The number of benzene rings is 1. The van der Waals surface area contributed by atoms with Crippen LogP contribution in [0.1, 0.15) is 17.3 Å². The average molecular weight is 337 g/mol. The van der Waals surface area contributed by atoms with Crippen LogP contribution in [-0.4, -0.2) is 26.3 Å². The fourth-order valence-electron chi connectivity index (χ4n) is 2.19. The third kappa shape index (κ3) is 2.78. The third-order valence-electron chi connectivity index (χ3n) is 3.10. The standard InChI is InChI=1S/C15H17BrN2O2/c1-17-15(14-10(16)6-5-9-18-14)13-11(19-2)7-4-8-12(13)20-3/h4-9,15,17H,1-3H3. The largest absolute Gasteiger partial charge is 0.496 e. The van der Waals surface area contributed by atoms with Crippen LogP contribution < -0.4 is 14.8 Å². The summed E-state index contributed by atoms with van der Waals surface area (Å²) in [6.45, 7) is 0. The Labute approximate surface area is 127 Å². The number of methoxy groups -OCH3 is 2. The van der Waals surface area contributed by atoms with Gasteiger partial charge in [0.1, 0.15) is 11.5 Å². The molecule has 0 aliphatic carbocycles. The van der Waals surface area contributed by atoms with E-state index in [4.69, 9.17) is 9.47 Å². The smallest absolute Gasteiger partial charge is 0.127 e. The van der Waals surface area contributed by atoms with E-state index in [1.165, 1.54) is 0 Å². The molecule has 0 saturated carbocycles. The summed E-state index contributed by atoms with van der Waals surface area (Å²) in [5, 5.41) is 3.27. The number of nitrogens with one attached hydrogen (secondary N) is 1. The van der Waals surface area contributed by atoms with Crippen LogP contribution in [0.5, 0.6) is 11.5 Å². The number of pyridine rings is 1. The van der Waals surface area contributed by atoms with Gasteiger partial charge in [-0.3, -0.25) is 4.98 Å². The fraction of sp³-hybridized carbons (Fsp3) is 0.267. The molecule has 1 N–H and O–H groups in total. The number of rotatable bonds is 5. The van der Waals surface area contributed by atoms with E-state index in [0.717, 1.165) is 27.2 Å². The zero-order chi connectivity index (χ0) is 14.5. The summed E-state index contributed by atoms with van der Waals surface area (Å²) in [5.74, 6) is 1.53. The first-order valence-corrected chi connectivity index (χ1v) is 7.00. The second kappa shape index (κ2) is 6.72. The van der Waals surface area contributed by atoms with E-state index in [1.54, 1.807) is 20.4 Å². The highest BCUT2D eigenvalue weighted by molar-refractivity contribution is 9.10. The lowest BCUT2D eigenvalue weighted by Crippen LogP contribution is -2.21. The summed E-state index contributed by atoms with van der Waals surface area (Å²) in [6.07, 6.45) is 1.77. The molecule has 1 unspecified atom stereocenters. The van der Waals surface area contributed by atoms with Crippen LogP contribution in [-0.2, 0) is 0 Å². The molecule has 1 heterocycles. The summed E-state index contributed by atoms with van der Waals surface area (Å²) in [5.41, 5.74) is 1.82. The Kier molecular flexibility index (Phi) is 4.98. The minimum absolute atomic E-state index is 0.128. The van der Waals surface area contributed by atoms with Gasteiger partial charge in [0.2, 0.25) is 0 Å². The van der Waals surface area contributed by atoms with Crippen molar-refractivity contribution >= 4 is 15.9 Å². The Balaban J connectivity index is 2.60. The zero-order valence-electron chi connectivity index (χ0n) is 11.7. The molecule has 106 valence electrons. The zero-order valence-corrected chi connectivity index (χ0v) is 13.3. The maximum Gasteiger partial charge on any atom is 0.127 e. The van der Waals surface area contributed by atoms with Gasteiger partial charge in [0.25, 0.3) is 0 Å².